The van der Waals surface area contributed by atoms with Crippen LogP contribution in [0, 0.1) is 6.92 Å². The van der Waals surface area contributed by atoms with Gasteiger partial charge in [-0.05, 0) is 20.8 Å². The first-order chi connectivity index (χ1) is 8.19. The van der Waals surface area contributed by atoms with Crippen LogP contribution >= 0.6 is 0 Å². The van der Waals surface area contributed by atoms with Gasteiger partial charge in [0.05, 0.1) is 0 Å². The minimum atomic E-state index is 0.698. The van der Waals surface area contributed by atoms with E-state index in [0.717, 1.165) is 36.8 Å². The molecule has 0 radical (unpaired) electrons. The topological polar surface area (TPSA) is 46.3 Å². The molecule has 0 aliphatic heterocycles. The second-order valence-electron chi connectivity index (χ2n) is 4.02. The van der Waals surface area contributed by atoms with Crippen molar-refractivity contribution < 1.29 is 0 Å². The Bertz CT molecular complexity index is 513. The molecule has 17 heavy (non-hydrogen) atoms. The van der Waals surface area contributed by atoms with Crippen molar-refractivity contribution in [3.8, 4) is 0 Å². The van der Waals surface area contributed by atoms with E-state index < -0.39 is 0 Å². The van der Waals surface area contributed by atoms with Gasteiger partial charge < -0.3 is 4.90 Å². The van der Waals surface area contributed by atoms with E-state index in [1.54, 1.807) is 0 Å². The third-order valence-electron chi connectivity index (χ3n) is 2.87. The highest BCUT2D eigenvalue weighted by molar-refractivity contribution is 5.47. The van der Waals surface area contributed by atoms with Gasteiger partial charge in [0.15, 0.2) is 5.82 Å². The SMILES string of the molecule is CCc1nc2nc(C)cc(N(CC)CC)n2n1. The molecule has 0 unspecified atom stereocenters. The maximum absolute atomic E-state index is 4.49. The Morgan fingerprint density at radius 1 is 1.18 bits per heavy atom. The van der Waals surface area contributed by atoms with E-state index in [9.17, 15) is 0 Å². The highest BCUT2D eigenvalue weighted by Gasteiger charge is 2.12. The molecule has 0 amide bonds. The average Bonchev–Trinajstić information content (AvgIpc) is 2.73. The molecular formula is C12H19N5. The fourth-order valence-corrected chi connectivity index (χ4v) is 1.93. The molecule has 0 fully saturated rings. The monoisotopic (exact) mass is 233 g/mol. The van der Waals surface area contributed by atoms with Crippen molar-refractivity contribution in [3.63, 3.8) is 0 Å². The summed E-state index contributed by atoms with van der Waals surface area (Å²) in [6.07, 6.45) is 0.833. The highest BCUT2D eigenvalue weighted by atomic mass is 15.4. The first-order valence-corrected chi connectivity index (χ1v) is 6.17. The Labute approximate surface area is 101 Å². The third-order valence-corrected chi connectivity index (χ3v) is 2.87. The number of aromatic nitrogens is 4. The van der Waals surface area contributed by atoms with E-state index in [1.165, 1.54) is 0 Å². The molecular weight excluding hydrogens is 214 g/mol. The van der Waals surface area contributed by atoms with Gasteiger partial charge in [0.25, 0.3) is 5.78 Å². The van der Waals surface area contributed by atoms with Gasteiger partial charge in [-0.2, -0.15) is 9.50 Å². The van der Waals surface area contributed by atoms with Gasteiger partial charge in [-0.15, -0.1) is 5.10 Å². The van der Waals surface area contributed by atoms with Crippen LogP contribution in [-0.2, 0) is 6.42 Å². The second-order valence-corrected chi connectivity index (χ2v) is 4.02. The third kappa shape index (κ3) is 2.09. The van der Waals surface area contributed by atoms with E-state index >= 15 is 0 Å². The van der Waals surface area contributed by atoms with Gasteiger partial charge in [-0.1, -0.05) is 6.92 Å². The minimum absolute atomic E-state index is 0.698. The van der Waals surface area contributed by atoms with Crippen molar-refractivity contribution >= 4 is 11.6 Å². The highest BCUT2D eigenvalue weighted by Crippen LogP contribution is 2.16. The molecule has 0 atom stereocenters. The summed E-state index contributed by atoms with van der Waals surface area (Å²) in [5.41, 5.74) is 0.981. The van der Waals surface area contributed by atoms with E-state index in [-0.39, 0.29) is 0 Å². The summed E-state index contributed by atoms with van der Waals surface area (Å²) in [5, 5.41) is 4.49. The Morgan fingerprint density at radius 3 is 2.47 bits per heavy atom. The molecule has 0 spiro atoms. The normalized spacial score (nSPS) is 11.1. The Morgan fingerprint density at radius 2 is 1.88 bits per heavy atom. The predicted molar refractivity (Wildman–Crippen MR) is 68.5 cm³/mol. The number of anilines is 1. The summed E-state index contributed by atoms with van der Waals surface area (Å²) in [6, 6.07) is 2.06. The number of hydrogen-bond donors (Lipinski definition) is 0. The van der Waals surface area contributed by atoms with Crippen LogP contribution in [0.5, 0.6) is 0 Å². The van der Waals surface area contributed by atoms with Gasteiger partial charge in [0.1, 0.15) is 5.82 Å². The average molecular weight is 233 g/mol. The van der Waals surface area contributed by atoms with Crippen molar-refractivity contribution in [2.24, 2.45) is 0 Å². The van der Waals surface area contributed by atoms with Crippen molar-refractivity contribution in [1.82, 2.24) is 19.6 Å². The lowest BCUT2D eigenvalue weighted by atomic mass is 10.4. The zero-order valence-corrected chi connectivity index (χ0v) is 10.9. The molecule has 0 saturated carbocycles. The predicted octanol–water partition coefficient (Wildman–Crippen LogP) is 1.84. The van der Waals surface area contributed by atoms with Crippen LogP contribution in [0.3, 0.4) is 0 Å². The van der Waals surface area contributed by atoms with Crippen molar-refractivity contribution in [3.05, 3.63) is 17.6 Å². The Kier molecular flexibility index (Phi) is 3.26. The van der Waals surface area contributed by atoms with Crippen LogP contribution in [0.1, 0.15) is 32.3 Å². The van der Waals surface area contributed by atoms with Crippen molar-refractivity contribution in [1.29, 1.82) is 0 Å². The van der Waals surface area contributed by atoms with Crippen LogP contribution in [0.2, 0.25) is 0 Å². The summed E-state index contributed by atoms with van der Waals surface area (Å²) < 4.78 is 1.85. The molecule has 5 heteroatoms. The standard InChI is InChI=1S/C12H19N5/c1-5-10-14-12-13-9(4)8-11(17(12)15-10)16(6-2)7-3/h8H,5-7H2,1-4H3. The zero-order valence-electron chi connectivity index (χ0n) is 10.9. The van der Waals surface area contributed by atoms with E-state index in [2.05, 4.69) is 46.8 Å². The summed E-state index contributed by atoms with van der Waals surface area (Å²) >= 11 is 0. The van der Waals surface area contributed by atoms with E-state index in [4.69, 9.17) is 0 Å². The molecule has 5 nitrogen and oxygen atoms in total. The Hall–Kier alpha value is -1.65. The maximum atomic E-state index is 4.49. The number of rotatable bonds is 4. The van der Waals surface area contributed by atoms with Gasteiger partial charge in [-0.3, -0.25) is 0 Å². The molecule has 0 aliphatic rings. The van der Waals surface area contributed by atoms with E-state index in [1.807, 2.05) is 11.4 Å². The molecule has 0 aromatic carbocycles. The molecule has 0 bridgehead atoms. The van der Waals surface area contributed by atoms with Crippen molar-refractivity contribution in [2.45, 2.75) is 34.1 Å². The summed E-state index contributed by atoms with van der Waals surface area (Å²) in [6.45, 7) is 10.2. The van der Waals surface area contributed by atoms with Crippen LogP contribution < -0.4 is 4.90 Å². The lowest BCUT2D eigenvalue weighted by Gasteiger charge is -2.21. The molecule has 2 heterocycles. The van der Waals surface area contributed by atoms with Crippen LogP contribution in [0.25, 0.3) is 5.78 Å². The zero-order chi connectivity index (χ0) is 12.4. The number of nitrogens with zero attached hydrogens (tertiary/aromatic N) is 5. The molecule has 92 valence electrons. The van der Waals surface area contributed by atoms with Gasteiger partial charge in [0, 0.05) is 31.3 Å². The van der Waals surface area contributed by atoms with Crippen LogP contribution in [0.4, 0.5) is 5.82 Å². The maximum Gasteiger partial charge on any atom is 0.254 e. The number of aryl methyl sites for hydroxylation is 2. The molecule has 0 saturated heterocycles. The second kappa shape index (κ2) is 4.69. The number of hydrogen-bond acceptors (Lipinski definition) is 4. The minimum Gasteiger partial charge on any atom is -0.357 e. The quantitative estimate of drug-likeness (QED) is 0.808. The first-order valence-electron chi connectivity index (χ1n) is 6.17. The first kappa shape index (κ1) is 11.8. The summed E-state index contributed by atoms with van der Waals surface area (Å²) in [5.74, 6) is 2.62. The molecule has 2 rings (SSSR count). The molecule has 0 N–H and O–H groups in total. The van der Waals surface area contributed by atoms with Crippen LogP contribution in [0.15, 0.2) is 6.07 Å². The van der Waals surface area contributed by atoms with Crippen LogP contribution in [-0.4, -0.2) is 32.7 Å². The lowest BCUT2D eigenvalue weighted by Crippen LogP contribution is -2.25. The molecule has 0 aliphatic carbocycles. The fraction of sp³-hybridized carbons (Fsp3) is 0.583. The molecule has 2 aromatic heterocycles. The summed E-state index contributed by atoms with van der Waals surface area (Å²) in [4.78, 5) is 11.1. The number of fused-ring (bicyclic) bond motifs is 1. The van der Waals surface area contributed by atoms with E-state index in [0.29, 0.717) is 5.78 Å². The Balaban J connectivity index is 2.63. The summed E-state index contributed by atoms with van der Waals surface area (Å²) in [7, 11) is 0. The lowest BCUT2D eigenvalue weighted by molar-refractivity contribution is 0.786. The van der Waals surface area contributed by atoms with Gasteiger partial charge >= 0.3 is 0 Å². The van der Waals surface area contributed by atoms with Gasteiger partial charge in [0.2, 0.25) is 0 Å². The molecule has 2 aromatic rings. The van der Waals surface area contributed by atoms with Gasteiger partial charge in [-0.25, -0.2) is 4.98 Å². The fourth-order valence-electron chi connectivity index (χ4n) is 1.93. The smallest absolute Gasteiger partial charge is 0.254 e. The largest absolute Gasteiger partial charge is 0.357 e. The van der Waals surface area contributed by atoms with Crippen molar-refractivity contribution in [2.75, 3.05) is 18.0 Å².